The molecule has 0 aliphatic heterocycles. The standard InChI is InChI=1S/C17H20N2O4S/c1-12-4-7-15(23-12)8-11-17(20)19(3)13(2)14-5-9-16(10-6-14)24(18,21)22/h4-11,13H,1-3H3,(H2,18,21,22)/b11-8+. The number of hydrogen-bond donors (Lipinski definition) is 1. The second-order valence-electron chi connectivity index (χ2n) is 5.52. The van der Waals surface area contributed by atoms with E-state index < -0.39 is 10.0 Å². The average Bonchev–Trinajstić information content (AvgIpc) is 2.96. The Morgan fingerprint density at radius 2 is 1.83 bits per heavy atom. The molecule has 1 heterocycles. The third kappa shape index (κ3) is 4.33. The van der Waals surface area contributed by atoms with Crippen LogP contribution in [0.15, 0.2) is 51.8 Å². The maximum atomic E-state index is 12.2. The smallest absolute Gasteiger partial charge is 0.246 e. The van der Waals surface area contributed by atoms with Crippen molar-refractivity contribution in [3.8, 4) is 0 Å². The molecule has 128 valence electrons. The van der Waals surface area contributed by atoms with Gasteiger partial charge < -0.3 is 9.32 Å². The number of carbonyl (C=O) groups is 1. The predicted octanol–water partition coefficient (Wildman–Crippen LogP) is 2.47. The summed E-state index contributed by atoms with van der Waals surface area (Å²) in [7, 11) is -2.04. The van der Waals surface area contributed by atoms with Crippen molar-refractivity contribution in [3.63, 3.8) is 0 Å². The molecule has 6 nitrogen and oxygen atoms in total. The van der Waals surface area contributed by atoms with E-state index in [-0.39, 0.29) is 16.8 Å². The van der Waals surface area contributed by atoms with Gasteiger partial charge in [0.05, 0.1) is 10.9 Å². The van der Waals surface area contributed by atoms with Crippen LogP contribution in [0.25, 0.3) is 6.08 Å². The zero-order chi connectivity index (χ0) is 17.9. The predicted molar refractivity (Wildman–Crippen MR) is 91.5 cm³/mol. The second kappa shape index (κ2) is 7.02. The molecule has 2 aromatic rings. The third-order valence-corrected chi connectivity index (χ3v) is 4.70. The van der Waals surface area contributed by atoms with E-state index in [0.717, 1.165) is 11.3 Å². The summed E-state index contributed by atoms with van der Waals surface area (Å²) in [6.07, 6.45) is 3.05. The lowest BCUT2D eigenvalue weighted by Crippen LogP contribution is -2.28. The van der Waals surface area contributed by atoms with Gasteiger partial charge in [0.25, 0.3) is 0 Å². The van der Waals surface area contributed by atoms with E-state index in [0.29, 0.717) is 5.76 Å². The fourth-order valence-corrected chi connectivity index (χ4v) is 2.68. The topological polar surface area (TPSA) is 93.6 Å². The Morgan fingerprint density at radius 3 is 2.33 bits per heavy atom. The fourth-order valence-electron chi connectivity index (χ4n) is 2.16. The van der Waals surface area contributed by atoms with Gasteiger partial charge in [0.1, 0.15) is 11.5 Å². The first-order valence-corrected chi connectivity index (χ1v) is 8.87. The van der Waals surface area contributed by atoms with Gasteiger partial charge in [-0.25, -0.2) is 13.6 Å². The number of primary sulfonamides is 1. The molecule has 0 bridgehead atoms. The van der Waals surface area contributed by atoms with Crippen LogP contribution in [0.1, 0.15) is 30.0 Å². The summed E-state index contributed by atoms with van der Waals surface area (Å²) in [5.41, 5.74) is 0.806. The van der Waals surface area contributed by atoms with Crippen molar-refractivity contribution in [1.82, 2.24) is 4.90 Å². The number of amides is 1. The highest BCUT2D eigenvalue weighted by Crippen LogP contribution is 2.21. The SMILES string of the molecule is Cc1ccc(/C=C/C(=O)N(C)C(C)c2ccc(S(N)(=O)=O)cc2)o1. The lowest BCUT2D eigenvalue weighted by molar-refractivity contribution is -0.126. The minimum absolute atomic E-state index is 0.0421. The Bertz CT molecular complexity index is 851. The summed E-state index contributed by atoms with van der Waals surface area (Å²) >= 11 is 0. The highest BCUT2D eigenvalue weighted by molar-refractivity contribution is 7.89. The molecule has 0 fully saturated rings. The van der Waals surface area contributed by atoms with Crippen molar-refractivity contribution in [2.45, 2.75) is 24.8 Å². The number of furan rings is 1. The second-order valence-corrected chi connectivity index (χ2v) is 7.08. The van der Waals surface area contributed by atoms with Gasteiger partial charge >= 0.3 is 0 Å². The first-order valence-electron chi connectivity index (χ1n) is 7.32. The number of aryl methyl sites for hydroxylation is 1. The molecule has 1 aromatic heterocycles. The molecule has 1 amide bonds. The summed E-state index contributed by atoms with van der Waals surface area (Å²) in [6.45, 7) is 3.69. The van der Waals surface area contributed by atoms with Crippen molar-refractivity contribution in [1.29, 1.82) is 0 Å². The van der Waals surface area contributed by atoms with Gasteiger partial charge in [-0.1, -0.05) is 12.1 Å². The summed E-state index contributed by atoms with van der Waals surface area (Å²) in [5.74, 6) is 1.20. The van der Waals surface area contributed by atoms with E-state index in [2.05, 4.69) is 0 Å². The van der Waals surface area contributed by atoms with E-state index in [1.165, 1.54) is 18.2 Å². The molecule has 1 unspecified atom stereocenters. The molecule has 0 saturated heterocycles. The number of nitrogens with two attached hydrogens (primary N) is 1. The molecule has 0 aliphatic rings. The van der Waals surface area contributed by atoms with Gasteiger partial charge in [0.2, 0.25) is 15.9 Å². The van der Waals surface area contributed by atoms with E-state index in [1.54, 1.807) is 36.2 Å². The zero-order valence-electron chi connectivity index (χ0n) is 13.8. The van der Waals surface area contributed by atoms with Gasteiger partial charge in [-0.15, -0.1) is 0 Å². The highest BCUT2D eigenvalue weighted by Gasteiger charge is 2.16. The molecule has 0 radical (unpaired) electrons. The first kappa shape index (κ1) is 18.0. The molecule has 2 rings (SSSR count). The molecular formula is C17H20N2O4S. The molecule has 1 aromatic carbocycles. The van der Waals surface area contributed by atoms with E-state index >= 15 is 0 Å². The number of nitrogens with zero attached hydrogens (tertiary/aromatic N) is 1. The van der Waals surface area contributed by atoms with Crippen LogP contribution in [-0.2, 0) is 14.8 Å². The van der Waals surface area contributed by atoms with E-state index in [9.17, 15) is 13.2 Å². The van der Waals surface area contributed by atoms with Crippen molar-refractivity contribution in [3.05, 3.63) is 59.6 Å². The fraction of sp³-hybridized carbons (Fsp3) is 0.235. The van der Waals surface area contributed by atoms with Crippen molar-refractivity contribution >= 4 is 22.0 Å². The van der Waals surface area contributed by atoms with Crippen LogP contribution in [0, 0.1) is 6.92 Å². The van der Waals surface area contributed by atoms with Crippen LogP contribution in [0.3, 0.4) is 0 Å². The van der Waals surface area contributed by atoms with Crippen LogP contribution in [0.5, 0.6) is 0 Å². The zero-order valence-corrected chi connectivity index (χ0v) is 14.6. The minimum Gasteiger partial charge on any atom is -0.462 e. The van der Waals surface area contributed by atoms with E-state index in [1.807, 2.05) is 19.9 Å². The summed E-state index contributed by atoms with van der Waals surface area (Å²) < 4.78 is 27.9. The maximum Gasteiger partial charge on any atom is 0.246 e. The molecular weight excluding hydrogens is 328 g/mol. The van der Waals surface area contributed by atoms with Gasteiger partial charge in [0.15, 0.2) is 0 Å². The number of likely N-dealkylation sites (N-methyl/N-ethyl adjacent to an activating group) is 1. The largest absolute Gasteiger partial charge is 0.462 e. The molecule has 0 spiro atoms. The molecule has 7 heteroatoms. The summed E-state index contributed by atoms with van der Waals surface area (Å²) in [5, 5.41) is 5.08. The first-order chi connectivity index (χ1) is 11.2. The molecule has 1 atom stereocenters. The van der Waals surface area contributed by atoms with E-state index in [4.69, 9.17) is 9.56 Å². The number of carbonyl (C=O) groups excluding carboxylic acids is 1. The van der Waals surface area contributed by atoms with Crippen LogP contribution >= 0.6 is 0 Å². The molecule has 2 N–H and O–H groups in total. The average molecular weight is 348 g/mol. The summed E-state index contributed by atoms with van der Waals surface area (Å²) in [6, 6.07) is 9.54. The van der Waals surface area contributed by atoms with Gasteiger partial charge in [0, 0.05) is 13.1 Å². The normalized spacial score (nSPS) is 13.2. The van der Waals surface area contributed by atoms with Crippen LogP contribution in [0.4, 0.5) is 0 Å². The minimum atomic E-state index is -3.72. The molecule has 24 heavy (non-hydrogen) atoms. The van der Waals surface area contributed by atoms with Gasteiger partial charge in [-0.3, -0.25) is 4.79 Å². The maximum absolute atomic E-state index is 12.2. The number of sulfonamides is 1. The number of rotatable bonds is 5. The Morgan fingerprint density at radius 1 is 1.21 bits per heavy atom. The number of hydrogen-bond acceptors (Lipinski definition) is 4. The van der Waals surface area contributed by atoms with Crippen molar-refractivity contribution in [2.24, 2.45) is 5.14 Å². The Kier molecular flexibility index (Phi) is 5.26. The monoisotopic (exact) mass is 348 g/mol. The quantitative estimate of drug-likeness (QED) is 0.840. The molecule has 0 aliphatic carbocycles. The Hall–Kier alpha value is -2.38. The van der Waals surface area contributed by atoms with Gasteiger partial charge in [-0.2, -0.15) is 0 Å². The molecule has 0 saturated carbocycles. The Balaban J connectivity index is 2.09. The lowest BCUT2D eigenvalue weighted by atomic mass is 10.1. The van der Waals surface area contributed by atoms with Gasteiger partial charge in [-0.05, 0) is 49.8 Å². The van der Waals surface area contributed by atoms with Crippen LogP contribution < -0.4 is 5.14 Å². The third-order valence-electron chi connectivity index (χ3n) is 3.77. The van der Waals surface area contributed by atoms with Crippen LogP contribution in [0.2, 0.25) is 0 Å². The van der Waals surface area contributed by atoms with Crippen molar-refractivity contribution in [2.75, 3.05) is 7.05 Å². The lowest BCUT2D eigenvalue weighted by Gasteiger charge is -2.24. The van der Waals surface area contributed by atoms with Crippen molar-refractivity contribution < 1.29 is 17.6 Å². The highest BCUT2D eigenvalue weighted by atomic mass is 32.2. The van der Waals surface area contributed by atoms with Crippen LogP contribution in [-0.4, -0.2) is 26.3 Å². The summed E-state index contributed by atoms with van der Waals surface area (Å²) in [4.78, 5) is 13.8. The number of benzene rings is 1. The Labute approximate surface area is 141 Å².